The highest BCUT2D eigenvalue weighted by atomic mass is 32.1. The molecular formula is C16H34S. The molecule has 0 aliphatic rings. The van der Waals surface area contributed by atoms with Gasteiger partial charge in [0.05, 0.1) is 0 Å². The summed E-state index contributed by atoms with van der Waals surface area (Å²) in [5.74, 6) is 0. The van der Waals surface area contributed by atoms with Crippen molar-refractivity contribution in [2.24, 2.45) is 0 Å². The summed E-state index contributed by atoms with van der Waals surface area (Å²) in [5.41, 5.74) is 0. The van der Waals surface area contributed by atoms with Crippen molar-refractivity contribution >= 4 is 13.5 Å². The molecule has 0 N–H and O–H groups in total. The third kappa shape index (κ3) is 18.6. The van der Waals surface area contributed by atoms with Gasteiger partial charge in [0.15, 0.2) is 0 Å². The van der Waals surface area contributed by atoms with Gasteiger partial charge in [0.2, 0.25) is 0 Å². The van der Waals surface area contributed by atoms with E-state index in [9.17, 15) is 0 Å². The molecule has 0 aromatic rings. The highest BCUT2D eigenvalue weighted by molar-refractivity contribution is 7.59. The molecule has 0 aromatic carbocycles. The fraction of sp³-hybridized carbons (Fsp3) is 0.875. The molecule has 0 heterocycles. The molecule has 104 valence electrons. The van der Waals surface area contributed by atoms with Gasteiger partial charge in [0.25, 0.3) is 0 Å². The molecule has 0 saturated carbocycles. The van der Waals surface area contributed by atoms with Crippen LogP contribution in [0.25, 0.3) is 0 Å². The Kier molecular flexibility index (Phi) is 21.1. The SMILES string of the molecule is C=CCCCCCCCCCCCCCC.S. The molecule has 0 radical (unpaired) electrons. The summed E-state index contributed by atoms with van der Waals surface area (Å²) in [5, 5.41) is 0. The van der Waals surface area contributed by atoms with Crippen LogP contribution in [0, 0.1) is 0 Å². The zero-order valence-corrected chi connectivity index (χ0v) is 13.0. The number of hydrogen-bond donors (Lipinski definition) is 0. The lowest BCUT2D eigenvalue weighted by molar-refractivity contribution is 0.545. The third-order valence-electron chi connectivity index (χ3n) is 3.26. The van der Waals surface area contributed by atoms with Crippen LogP contribution in [0.1, 0.15) is 90.4 Å². The first-order chi connectivity index (χ1) is 7.91. The van der Waals surface area contributed by atoms with Gasteiger partial charge in [-0.1, -0.05) is 83.6 Å². The number of allylic oxidation sites excluding steroid dienone is 1. The van der Waals surface area contributed by atoms with E-state index in [0.29, 0.717) is 0 Å². The van der Waals surface area contributed by atoms with E-state index in [-0.39, 0.29) is 13.5 Å². The second kappa shape index (κ2) is 18.5. The summed E-state index contributed by atoms with van der Waals surface area (Å²) < 4.78 is 0. The van der Waals surface area contributed by atoms with Crippen LogP contribution in [0.2, 0.25) is 0 Å². The zero-order chi connectivity index (χ0) is 11.9. The Morgan fingerprint density at radius 2 is 1.00 bits per heavy atom. The van der Waals surface area contributed by atoms with Crippen molar-refractivity contribution in [2.75, 3.05) is 0 Å². The van der Waals surface area contributed by atoms with Gasteiger partial charge < -0.3 is 0 Å². The molecule has 0 saturated heterocycles. The Morgan fingerprint density at radius 1 is 0.647 bits per heavy atom. The number of rotatable bonds is 13. The predicted octanol–water partition coefficient (Wildman–Crippen LogP) is 6.38. The molecule has 0 rings (SSSR count). The minimum absolute atomic E-state index is 0. The molecule has 0 nitrogen and oxygen atoms in total. The molecule has 0 aliphatic carbocycles. The monoisotopic (exact) mass is 258 g/mol. The molecule has 17 heavy (non-hydrogen) atoms. The van der Waals surface area contributed by atoms with Crippen LogP contribution in [-0.4, -0.2) is 0 Å². The largest absolute Gasteiger partial charge is 0.197 e. The van der Waals surface area contributed by atoms with Gasteiger partial charge in [0, 0.05) is 0 Å². The van der Waals surface area contributed by atoms with E-state index in [1.54, 1.807) is 0 Å². The Balaban J connectivity index is 0. The molecule has 0 bridgehead atoms. The van der Waals surface area contributed by atoms with Crippen molar-refractivity contribution in [3.05, 3.63) is 12.7 Å². The molecule has 0 atom stereocenters. The van der Waals surface area contributed by atoms with Gasteiger partial charge in [-0.15, -0.1) is 6.58 Å². The van der Waals surface area contributed by atoms with Crippen LogP contribution < -0.4 is 0 Å². The molecule has 0 fully saturated rings. The maximum atomic E-state index is 3.75. The lowest BCUT2D eigenvalue weighted by atomic mass is 10.0. The highest BCUT2D eigenvalue weighted by Gasteiger charge is 1.92. The summed E-state index contributed by atoms with van der Waals surface area (Å²) >= 11 is 0. The van der Waals surface area contributed by atoms with Crippen LogP contribution in [0.15, 0.2) is 12.7 Å². The normalized spacial score (nSPS) is 9.94. The second-order valence-corrected chi connectivity index (χ2v) is 4.97. The van der Waals surface area contributed by atoms with Crippen molar-refractivity contribution in [2.45, 2.75) is 90.4 Å². The third-order valence-corrected chi connectivity index (χ3v) is 3.26. The standard InChI is InChI=1S/C16H32.H2S/c1-3-5-7-9-11-13-15-16-14-12-10-8-6-4-2;/h3H,1,4-16H2,2H3;1H2. The van der Waals surface area contributed by atoms with Gasteiger partial charge >= 0.3 is 0 Å². The molecule has 0 spiro atoms. The van der Waals surface area contributed by atoms with Gasteiger partial charge in [-0.3, -0.25) is 0 Å². The van der Waals surface area contributed by atoms with Crippen molar-refractivity contribution < 1.29 is 0 Å². The van der Waals surface area contributed by atoms with Crippen LogP contribution in [-0.2, 0) is 0 Å². The van der Waals surface area contributed by atoms with Crippen LogP contribution in [0.4, 0.5) is 0 Å². The van der Waals surface area contributed by atoms with E-state index in [4.69, 9.17) is 0 Å². The number of hydrogen-bond acceptors (Lipinski definition) is 0. The van der Waals surface area contributed by atoms with Gasteiger partial charge in [-0.2, -0.15) is 13.5 Å². The Hall–Kier alpha value is 0.0900. The second-order valence-electron chi connectivity index (χ2n) is 4.97. The zero-order valence-electron chi connectivity index (χ0n) is 12.0. The predicted molar refractivity (Wildman–Crippen MR) is 86.3 cm³/mol. The van der Waals surface area contributed by atoms with E-state index < -0.39 is 0 Å². The Morgan fingerprint density at radius 3 is 1.35 bits per heavy atom. The van der Waals surface area contributed by atoms with Crippen molar-refractivity contribution in [1.82, 2.24) is 0 Å². The fourth-order valence-corrected chi connectivity index (χ4v) is 2.13. The van der Waals surface area contributed by atoms with Gasteiger partial charge in [-0.25, -0.2) is 0 Å². The van der Waals surface area contributed by atoms with Crippen LogP contribution in [0.3, 0.4) is 0 Å². The maximum Gasteiger partial charge on any atom is -0.0353 e. The molecule has 0 aromatic heterocycles. The van der Waals surface area contributed by atoms with E-state index in [2.05, 4.69) is 13.5 Å². The molecule has 0 aliphatic heterocycles. The van der Waals surface area contributed by atoms with E-state index in [1.807, 2.05) is 6.08 Å². The van der Waals surface area contributed by atoms with E-state index in [1.165, 1.54) is 83.5 Å². The van der Waals surface area contributed by atoms with Gasteiger partial charge in [0.1, 0.15) is 0 Å². The molecular weight excluding hydrogens is 224 g/mol. The van der Waals surface area contributed by atoms with Crippen LogP contribution in [0.5, 0.6) is 0 Å². The van der Waals surface area contributed by atoms with Gasteiger partial charge in [-0.05, 0) is 12.8 Å². The summed E-state index contributed by atoms with van der Waals surface area (Å²) in [6.45, 7) is 6.03. The minimum atomic E-state index is 0. The lowest BCUT2D eigenvalue weighted by Crippen LogP contribution is -1.82. The van der Waals surface area contributed by atoms with E-state index in [0.717, 1.165) is 0 Å². The average molecular weight is 259 g/mol. The first-order valence-corrected chi connectivity index (χ1v) is 7.52. The Bertz CT molecular complexity index is 131. The Labute approximate surface area is 117 Å². The summed E-state index contributed by atoms with van der Waals surface area (Å²) in [4.78, 5) is 0. The average Bonchev–Trinajstić information content (AvgIpc) is 2.31. The first kappa shape index (κ1) is 19.4. The van der Waals surface area contributed by atoms with Crippen molar-refractivity contribution in [3.63, 3.8) is 0 Å². The maximum absolute atomic E-state index is 3.75. The van der Waals surface area contributed by atoms with Crippen LogP contribution >= 0.6 is 13.5 Å². The highest BCUT2D eigenvalue weighted by Crippen LogP contribution is 2.12. The van der Waals surface area contributed by atoms with Crippen molar-refractivity contribution in [1.29, 1.82) is 0 Å². The fourth-order valence-electron chi connectivity index (χ4n) is 2.13. The quantitative estimate of drug-likeness (QED) is 0.266. The number of unbranched alkanes of at least 4 members (excludes halogenated alkanes) is 12. The van der Waals surface area contributed by atoms with E-state index >= 15 is 0 Å². The summed E-state index contributed by atoms with van der Waals surface area (Å²) in [6.07, 6.45) is 20.5. The lowest BCUT2D eigenvalue weighted by Gasteiger charge is -2.02. The topological polar surface area (TPSA) is 0 Å². The van der Waals surface area contributed by atoms with Crippen molar-refractivity contribution in [3.8, 4) is 0 Å². The molecule has 0 amide bonds. The smallest absolute Gasteiger partial charge is 0.0353 e. The molecule has 0 unspecified atom stereocenters. The minimum Gasteiger partial charge on any atom is -0.197 e. The molecule has 1 heteroatoms. The first-order valence-electron chi connectivity index (χ1n) is 7.52. The summed E-state index contributed by atoms with van der Waals surface area (Å²) in [6, 6.07) is 0. The summed E-state index contributed by atoms with van der Waals surface area (Å²) in [7, 11) is 0.